The highest BCUT2D eigenvalue weighted by Crippen LogP contribution is 2.23. The summed E-state index contributed by atoms with van der Waals surface area (Å²) in [5.74, 6) is -0.256. The van der Waals surface area contributed by atoms with Crippen LogP contribution < -0.4 is 5.32 Å². The summed E-state index contributed by atoms with van der Waals surface area (Å²) in [4.78, 5) is 15.8. The van der Waals surface area contributed by atoms with Crippen LogP contribution in [0, 0.1) is 0 Å². The van der Waals surface area contributed by atoms with E-state index in [-0.39, 0.29) is 5.91 Å². The Hall–Kier alpha value is -1.10. The molecular formula is C12H7BrCl2N2O. The van der Waals surface area contributed by atoms with Gasteiger partial charge in [-0.1, -0.05) is 23.2 Å². The Morgan fingerprint density at radius 1 is 1.22 bits per heavy atom. The number of benzene rings is 1. The van der Waals surface area contributed by atoms with Crippen LogP contribution in [0.4, 0.5) is 5.69 Å². The average Bonchev–Trinajstić information content (AvgIpc) is 2.35. The van der Waals surface area contributed by atoms with E-state index in [0.29, 0.717) is 21.4 Å². The molecule has 2 rings (SSSR count). The molecule has 6 heteroatoms. The molecule has 0 bridgehead atoms. The highest BCUT2D eigenvalue weighted by molar-refractivity contribution is 9.10. The van der Waals surface area contributed by atoms with E-state index in [2.05, 4.69) is 26.2 Å². The number of pyridine rings is 1. The molecule has 1 aromatic carbocycles. The fourth-order valence-corrected chi connectivity index (χ4v) is 1.83. The molecule has 1 amide bonds. The molecule has 1 heterocycles. The molecule has 2 aromatic rings. The van der Waals surface area contributed by atoms with Crippen molar-refractivity contribution in [2.24, 2.45) is 0 Å². The Kier molecular flexibility index (Phi) is 4.22. The quantitative estimate of drug-likeness (QED) is 0.819. The first-order chi connectivity index (χ1) is 8.56. The van der Waals surface area contributed by atoms with Crippen molar-refractivity contribution in [3.8, 4) is 0 Å². The van der Waals surface area contributed by atoms with Gasteiger partial charge in [-0.25, -0.2) is 4.98 Å². The molecule has 3 nitrogen and oxygen atoms in total. The van der Waals surface area contributed by atoms with E-state index < -0.39 is 0 Å². The first kappa shape index (κ1) is 13.3. The van der Waals surface area contributed by atoms with Gasteiger partial charge in [0.1, 0.15) is 5.15 Å². The average molecular weight is 346 g/mol. The van der Waals surface area contributed by atoms with Gasteiger partial charge >= 0.3 is 0 Å². The molecule has 0 radical (unpaired) electrons. The van der Waals surface area contributed by atoms with Crippen molar-refractivity contribution in [1.29, 1.82) is 0 Å². The smallest absolute Gasteiger partial charge is 0.255 e. The lowest BCUT2D eigenvalue weighted by Gasteiger charge is -2.05. The van der Waals surface area contributed by atoms with Crippen LogP contribution in [-0.2, 0) is 0 Å². The number of rotatable bonds is 2. The van der Waals surface area contributed by atoms with Gasteiger partial charge in [0.05, 0.1) is 16.9 Å². The van der Waals surface area contributed by atoms with Crippen molar-refractivity contribution >= 4 is 50.7 Å². The zero-order valence-electron chi connectivity index (χ0n) is 8.95. The van der Waals surface area contributed by atoms with Crippen LogP contribution in [0.15, 0.2) is 41.0 Å². The van der Waals surface area contributed by atoms with E-state index in [9.17, 15) is 4.79 Å². The summed E-state index contributed by atoms with van der Waals surface area (Å²) >= 11 is 14.8. The molecule has 0 fully saturated rings. The van der Waals surface area contributed by atoms with Gasteiger partial charge in [-0.2, -0.15) is 0 Å². The van der Waals surface area contributed by atoms with Crippen molar-refractivity contribution in [2.75, 3.05) is 5.32 Å². The summed E-state index contributed by atoms with van der Waals surface area (Å²) < 4.78 is 0.744. The van der Waals surface area contributed by atoms with E-state index in [4.69, 9.17) is 23.2 Å². The van der Waals surface area contributed by atoms with Crippen molar-refractivity contribution in [1.82, 2.24) is 4.98 Å². The van der Waals surface area contributed by atoms with E-state index in [1.165, 1.54) is 6.20 Å². The number of amides is 1. The van der Waals surface area contributed by atoms with Gasteiger partial charge in [-0.05, 0) is 46.3 Å². The van der Waals surface area contributed by atoms with E-state index in [1.54, 1.807) is 30.3 Å². The topological polar surface area (TPSA) is 42.0 Å². The van der Waals surface area contributed by atoms with Gasteiger partial charge < -0.3 is 5.32 Å². The van der Waals surface area contributed by atoms with Gasteiger partial charge in [0.2, 0.25) is 0 Å². The molecule has 0 aliphatic carbocycles. The van der Waals surface area contributed by atoms with Crippen molar-refractivity contribution < 1.29 is 4.79 Å². The third-order valence-electron chi connectivity index (χ3n) is 2.17. The van der Waals surface area contributed by atoms with Crippen LogP contribution in [0.5, 0.6) is 0 Å². The minimum Gasteiger partial charge on any atom is -0.321 e. The Bertz CT molecular complexity index is 587. The van der Waals surface area contributed by atoms with Gasteiger partial charge in [-0.3, -0.25) is 4.79 Å². The molecule has 92 valence electrons. The molecular weight excluding hydrogens is 339 g/mol. The first-order valence-corrected chi connectivity index (χ1v) is 6.49. The van der Waals surface area contributed by atoms with Crippen LogP contribution in [0.2, 0.25) is 10.2 Å². The number of carbonyl (C=O) groups is 1. The summed E-state index contributed by atoms with van der Waals surface area (Å²) in [7, 11) is 0. The Labute approximate surface area is 122 Å². The summed E-state index contributed by atoms with van der Waals surface area (Å²) in [5.41, 5.74) is 1.04. The van der Waals surface area contributed by atoms with Crippen LogP contribution in [0.25, 0.3) is 0 Å². The van der Waals surface area contributed by atoms with Crippen LogP contribution in [0.1, 0.15) is 10.4 Å². The lowest BCUT2D eigenvalue weighted by Crippen LogP contribution is -2.11. The van der Waals surface area contributed by atoms with E-state index in [0.717, 1.165) is 4.47 Å². The standard InChI is InChI=1S/C12H7BrCl2N2O/c13-9-3-1-7(5-10(9)14)12(18)17-8-2-4-11(15)16-6-8/h1-6H,(H,17,18). The second kappa shape index (κ2) is 5.69. The molecule has 18 heavy (non-hydrogen) atoms. The van der Waals surface area contributed by atoms with Crippen LogP contribution in [-0.4, -0.2) is 10.9 Å². The molecule has 0 aliphatic heterocycles. The Balaban J connectivity index is 2.16. The number of halogens is 3. The second-order valence-corrected chi connectivity index (χ2v) is 5.10. The normalized spacial score (nSPS) is 10.2. The highest BCUT2D eigenvalue weighted by Gasteiger charge is 2.08. The molecule has 0 atom stereocenters. The van der Waals surface area contributed by atoms with Crippen LogP contribution >= 0.6 is 39.1 Å². The first-order valence-electron chi connectivity index (χ1n) is 4.94. The molecule has 1 N–H and O–H groups in total. The molecule has 0 unspecified atom stereocenters. The van der Waals surface area contributed by atoms with Gasteiger partial charge in [0, 0.05) is 10.0 Å². The lowest BCUT2D eigenvalue weighted by molar-refractivity contribution is 0.102. The molecule has 0 spiro atoms. The van der Waals surface area contributed by atoms with E-state index >= 15 is 0 Å². The minimum absolute atomic E-state index is 0.256. The third kappa shape index (κ3) is 3.22. The summed E-state index contributed by atoms with van der Waals surface area (Å²) in [5, 5.41) is 3.56. The summed E-state index contributed by atoms with van der Waals surface area (Å²) in [6.07, 6.45) is 1.49. The van der Waals surface area contributed by atoms with Crippen LogP contribution in [0.3, 0.4) is 0 Å². The predicted molar refractivity (Wildman–Crippen MR) is 76.4 cm³/mol. The zero-order chi connectivity index (χ0) is 13.1. The molecule has 0 saturated carbocycles. The maximum atomic E-state index is 11.9. The number of nitrogens with one attached hydrogen (secondary N) is 1. The van der Waals surface area contributed by atoms with Crippen molar-refractivity contribution in [3.05, 3.63) is 56.7 Å². The number of hydrogen-bond acceptors (Lipinski definition) is 2. The number of nitrogens with zero attached hydrogens (tertiary/aromatic N) is 1. The molecule has 1 aromatic heterocycles. The molecule has 0 aliphatic rings. The second-order valence-electron chi connectivity index (χ2n) is 3.45. The summed E-state index contributed by atoms with van der Waals surface area (Å²) in [6, 6.07) is 8.26. The SMILES string of the molecule is O=C(Nc1ccc(Cl)nc1)c1ccc(Br)c(Cl)c1. The number of anilines is 1. The maximum Gasteiger partial charge on any atom is 0.255 e. The van der Waals surface area contributed by atoms with Gasteiger partial charge in [0.25, 0.3) is 5.91 Å². The monoisotopic (exact) mass is 344 g/mol. The highest BCUT2D eigenvalue weighted by atomic mass is 79.9. The third-order valence-corrected chi connectivity index (χ3v) is 3.62. The fraction of sp³-hybridized carbons (Fsp3) is 0. The fourth-order valence-electron chi connectivity index (χ4n) is 1.29. The number of carbonyl (C=O) groups excluding carboxylic acids is 1. The van der Waals surface area contributed by atoms with Gasteiger partial charge in [-0.15, -0.1) is 0 Å². The largest absolute Gasteiger partial charge is 0.321 e. The lowest BCUT2D eigenvalue weighted by atomic mass is 10.2. The number of aromatic nitrogens is 1. The number of hydrogen-bond donors (Lipinski definition) is 1. The van der Waals surface area contributed by atoms with Crippen molar-refractivity contribution in [2.45, 2.75) is 0 Å². The summed E-state index contributed by atoms with van der Waals surface area (Å²) in [6.45, 7) is 0. The van der Waals surface area contributed by atoms with E-state index in [1.807, 2.05) is 0 Å². The minimum atomic E-state index is -0.256. The Morgan fingerprint density at radius 3 is 2.61 bits per heavy atom. The molecule has 0 saturated heterocycles. The van der Waals surface area contributed by atoms with Crippen molar-refractivity contribution in [3.63, 3.8) is 0 Å². The zero-order valence-corrected chi connectivity index (χ0v) is 12.1. The predicted octanol–water partition coefficient (Wildman–Crippen LogP) is 4.40. The Morgan fingerprint density at radius 2 is 2.00 bits per heavy atom. The van der Waals surface area contributed by atoms with Gasteiger partial charge in [0.15, 0.2) is 0 Å². The maximum absolute atomic E-state index is 11.9.